The quantitative estimate of drug-likeness (QED) is 0.597. The first-order chi connectivity index (χ1) is 14.8. The van der Waals surface area contributed by atoms with Crippen LogP contribution in [0.2, 0.25) is 0 Å². The summed E-state index contributed by atoms with van der Waals surface area (Å²) < 4.78 is 45.4. The SMILES string of the molecule is COc1ccc(NC(=O)c2cn(CCNC(=O)c3ccccc3C(F)(F)F)nn2)cc1. The summed E-state index contributed by atoms with van der Waals surface area (Å²) in [5.74, 6) is -0.700. The van der Waals surface area contributed by atoms with Gasteiger partial charge in [0.25, 0.3) is 11.8 Å². The molecule has 0 saturated carbocycles. The third-order valence-corrected chi connectivity index (χ3v) is 4.22. The van der Waals surface area contributed by atoms with Gasteiger partial charge in [-0.1, -0.05) is 17.3 Å². The summed E-state index contributed by atoms with van der Waals surface area (Å²) in [5.41, 5.74) is -0.889. The topological polar surface area (TPSA) is 98.1 Å². The number of rotatable bonds is 7. The summed E-state index contributed by atoms with van der Waals surface area (Å²) >= 11 is 0. The summed E-state index contributed by atoms with van der Waals surface area (Å²) in [4.78, 5) is 24.4. The van der Waals surface area contributed by atoms with Crippen molar-refractivity contribution in [1.29, 1.82) is 0 Å². The predicted octanol–water partition coefficient (Wildman–Crippen LogP) is 2.99. The van der Waals surface area contributed by atoms with Crippen LogP contribution in [0.4, 0.5) is 18.9 Å². The number of nitrogens with zero attached hydrogens (tertiary/aromatic N) is 3. The zero-order valence-electron chi connectivity index (χ0n) is 16.3. The van der Waals surface area contributed by atoms with Crippen LogP contribution in [0.1, 0.15) is 26.4 Å². The van der Waals surface area contributed by atoms with Crippen molar-refractivity contribution in [2.75, 3.05) is 19.0 Å². The van der Waals surface area contributed by atoms with E-state index < -0.39 is 29.1 Å². The second kappa shape index (κ2) is 9.28. The van der Waals surface area contributed by atoms with E-state index in [4.69, 9.17) is 4.74 Å². The number of anilines is 1. The number of methoxy groups -OCH3 is 1. The van der Waals surface area contributed by atoms with Crippen molar-refractivity contribution in [2.24, 2.45) is 0 Å². The van der Waals surface area contributed by atoms with Gasteiger partial charge >= 0.3 is 6.18 Å². The number of amides is 2. The molecule has 0 aliphatic heterocycles. The number of alkyl halides is 3. The minimum absolute atomic E-state index is 0.00603. The van der Waals surface area contributed by atoms with Gasteiger partial charge in [0.15, 0.2) is 5.69 Å². The van der Waals surface area contributed by atoms with Gasteiger partial charge in [0.2, 0.25) is 0 Å². The van der Waals surface area contributed by atoms with E-state index in [1.54, 1.807) is 24.3 Å². The Labute approximate surface area is 175 Å². The van der Waals surface area contributed by atoms with E-state index in [2.05, 4.69) is 20.9 Å². The Morgan fingerprint density at radius 2 is 1.77 bits per heavy atom. The molecule has 162 valence electrons. The number of hydrogen-bond acceptors (Lipinski definition) is 5. The van der Waals surface area contributed by atoms with Gasteiger partial charge in [0.05, 0.1) is 31.0 Å². The number of aromatic nitrogens is 3. The maximum Gasteiger partial charge on any atom is 0.417 e. The summed E-state index contributed by atoms with van der Waals surface area (Å²) in [7, 11) is 1.53. The average molecular weight is 433 g/mol. The standard InChI is InChI=1S/C20H18F3N5O3/c1-31-14-8-6-13(7-9-14)25-19(30)17-12-28(27-26-17)11-10-24-18(29)15-4-2-3-5-16(15)20(21,22)23/h2-9,12H,10-11H2,1H3,(H,24,29)(H,25,30). The smallest absolute Gasteiger partial charge is 0.417 e. The predicted molar refractivity (Wildman–Crippen MR) is 105 cm³/mol. The van der Waals surface area contributed by atoms with Crippen molar-refractivity contribution < 1.29 is 27.5 Å². The molecule has 11 heteroatoms. The van der Waals surface area contributed by atoms with E-state index in [0.29, 0.717) is 11.4 Å². The first-order valence-electron chi connectivity index (χ1n) is 9.08. The van der Waals surface area contributed by atoms with Crippen LogP contribution in [-0.2, 0) is 12.7 Å². The summed E-state index contributed by atoms with van der Waals surface area (Å²) in [6.45, 7) is 0.108. The first-order valence-corrected chi connectivity index (χ1v) is 9.08. The monoisotopic (exact) mass is 433 g/mol. The van der Waals surface area contributed by atoms with E-state index in [9.17, 15) is 22.8 Å². The summed E-state index contributed by atoms with van der Waals surface area (Å²) in [5, 5.41) is 12.6. The third-order valence-electron chi connectivity index (χ3n) is 4.22. The van der Waals surface area contributed by atoms with Crippen LogP contribution in [0, 0.1) is 0 Å². The molecule has 2 aromatic carbocycles. The van der Waals surface area contributed by atoms with Crippen molar-refractivity contribution in [3.63, 3.8) is 0 Å². The molecule has 0 saturated heterocycles. The molecule has 3 aromatic rings. The van der Waals surface area contributed by atoms with Crippen LogP contribution in [0.5, 0.6) is 5.75 Å². The number of carbonyl (C=O) groups is 2. The van der Waals surface area contributed by atoms with Gasteiger partial charge in [0, 0.05) is 12.2 Å². The second-order valence-electron chi connectivity index (χ2n) is 6.35. The van der Waals surface area contributed by atoms with E-state index in [0.717, 1.165) is 12.1 Å². The minimum Gasteiger partial charge on any atom is -0.497 e. The van der Waals surface area contributed by atoms with Gasteiger partial charge in [-0.2, -0.15) is 13.2 Å². The number of ether oxygens (including phenoxy) is 1. The molecule has 2 amide bonds. The number of hydrogen-bond donors (Lipinski definition) is 2. The normalized spacial score (nSPS) is 11.1. The molecule has 0 bridgehead atoms. The Kier molecular flexibility index (Phi) is 6.53. The van der Waals surface area contributed by atoms with E-state index in [1.807, 2.05) is 0 Å². The Morgan fingerprint density at radius 1 is 1.06 bits per heavy atom. The Morgan fingerprint density at radius 3 is 2.45 bits per heavy atom. The highest BCUT2D eigenvalue weighted by molar-refractivity contribution is 6.02. The fourth-order valence-corrected chi connectivity index (χ4v) is 2.69. The molecular weight excluding hydrogens is 415 g/mol. The van der Waals surface area contributed by atoms with Gasteiger partial charge in [-0.3, -0.25) is 9.59 Å². The molecular formula is C20H18F3N5O3. The lowest BCUT2D eigenvalue weighted by Gasteiger charge is -2.12. The van der Waals surface area contributed by atoms with Crippen molar-refractivity contribution in [2.45, 2.75) is 12.7 Å². The highest BCUT2D eigenvalue weighted by Crippen LogP contribution is 2.31. The fraction of sp³-hybridized carbons (Fsp3) is 0.200. The van der Waals surface area contributed by atoms with Crippen molar-refractivity contribution in [1.82, 2.24) is 20.3 Å². The lowest BCUT2D eigenvalue weighted by Crippen LogP contribution is -2.29. The highest BCUT2D eigenvalue weighted by Gasteiger charge is 2.34. The van der Waals surface area contributed by atoms with E-state index >= 15 is 0 Å². The summed E-state index contributed by atoms with van der Waals surface area (Å²) in [6.07, 6.45) is -3.26. The van der Waals surface area contributed by atoms with Gasteiger partial charge in [-0.05, 0) is 36.4 Å². The van der Waals surface area contributed by atoms with Gasteiger partial charge in [-0.15, -0.1) is 5.10 Å². The molecule has 31 heavy (non-hydrogen) atoms. The molecule has 0 spiro atoms. The van der Waals surface area contributed by atoms with Crippen LogP contribution >= 0.6 is 0 Å². The van der Waals surface area contributed by atoms with E-state index in [-0.39, 0.29) is 18.8 Å². The lowest BCUT2D eigenvalue weighted by molar-refractivity contribution is -0.137. The first kappa shape index (κ1) is 21.8. The fourth-order valence-electron chi connectivity index (χ4n) is 2.69. The van der Waals surface area contributed by atoms with Crippen molar-refractivity contribution >= 4 is 17.5 Å². The van der Waals surface area contributed by atoms with Crippen LogP contribution < -0.4 is 15.4 Å². The maximum absolute atomic E-state index is 13.0. The molecule has 1 aromatic heterocycles. The van der Waals surface area contributed by atoms with Gasteiger partial charge < -0.3 is 15.4 Å². The lowest BCUT2D eigenvalue weighted by atomic mass is 10.1. The van der Waals surface area contributed by atoms with Gasteiger partial charge in [-0.25, -0.2) is 4.68 Å². The molecule has 0 atom stereocenters. The molecule has 0 fully saturated rings. The number of carbonyl (C=O) groups excluding carboxylic acids is 2. The number of halogens is 3. The molecule has 2 N–H and O–H groups in total. The van der Waals surface area contributed by atoms with E-state index in [1.165, 1.54) is 30.1 Å². The van der Waals surface area contributed by atoms with Crippen molar-refractivity contribution in [3.8, 4) is 5.75 Å². The van der Waals surface area contributed by atoms with Crippen LogP contribution in [0.3, 0.4) is 0 Å². The molecule has 0 radical (unpaired) electrons. The van der Waals surface area contributed by atoms with Crippen LogP contribution in [0.15, 0.2) is 54.7 Å². The van der Waals surface area contributed by atoms with Crippen LogP contribution in [0.25, 0.3) is 0 Å². The molecule has 3 rings (SSSR count). The zero-order chi connectivity index (χ0) is 22.4. The van der Waals surface area contributed by atoms with Crippen LogP contribution in [-0.4, -0.2) is 40.5 Å². The Balaban J connectivity index is 1.54. The molecule has 8 nitrogen and oxygen atoms in total. The third kappa shape index (κ3) is 5.59. The minimum atomic E-state index is -4.63. The molecule has 1 heterocycles. The Hall–Kier alpha value is -3.89. The highest BCUT2D eigenvalue weighted by atomic mass is 19.4. The zero-order valence-corrected chi connectivity index (χ0v) is 16.3. The Bertz CT molecular complexity index is 1060. The number of nitrogens with one attached hydrogen (secondary N) is 2. The maximum atomic E-state index is 13.0. The molecule has 0 aliphatic carbocycles. The molecule has 0 unspecified atom stereocenters. The molecule has 0 aliphatic rings. The largest absolute Gasteiger partial charge is 0.497 e. The average Bonchev–Trinajstić information content (AvgIpc) is 3.23. The second-order valence-corrected chi connectivity index (χ2v) is 6.35. The number of benzene rings is 2. The summed E-state index contributed by atoms with van der Waals surface area (Å²) in [6, 6.07) is 11.2. The van der Waals surface area contributed by atoms with Gasteiger partial charge in [0.1, 0.15) is 5.75 Å². The van der Waals surface area contributed by atoms with Crippen molar-refractivity contribution in [3.05, 3.63) is 71.5 Å².